The van der Waals surface area contributed by atoms with Crippen LogP contribution in [0, 0.1) is 36.7 Å². The van der Waals surface area contributed by atoms with Crippen LogP contribution in [0.25, 0.3) is 33.0 Å². The van der Waals surface area contributed by atoms with E-state index in [0.717, 1.165) is 30.1 Å². The van der Waals surface area contributed by atoms with Gasteiger partial charge in [-0.2, -0.15) is 28.8 Å². The van der Waals surface area contributed by atoms with Crippen molar-refractivity contribution in [2.24, 2.45) is 23.7 Å². The molecule has 0 radical (unpaired) electrons. The predicted molar refractivity (Wildman–Crippen MR) is 232 cm³/mol. The summed E-state index contributed by atoms with van der Waals surface area (Å²) in [6.45, 7) is 20.7. The number of allylic oxidation sites excluding steroid dienone is 4. The third-order valence-electron chi connectivity index (χ3n) is 15.0. The average Bonchev–Trinajstić information content (AvgIpc) is 3.86. The van der Waals surface area contributed by atoms with Gasteiger partial charge in [-0.25, -0.2) is 11.6 Å². The molecule has 7 aliphatic rings. The van der Waals surface area contributed by atoms with Crippen LogP contribution in [0.5, 0.6) is 0 Å². The van der Waals surface area contributed by atoms with E-state index >= 15 is 0 Å². The van der Waals surface area contributed by atoms with Crippen LogP contribution in [-0.4, -0.2) is 3.21 Å². The fourth-order valence-electron chi connectivity index (χ4n) is 12.2. The van der Waals surface area contributed by atoms with Crippen LogP contribution in [0.15, 0.2) is 91.0 Å². The molecule has 4 bridgehead atoms. The van der Waals surface area contributed by atoms with Gasteiger partial charge >= 0.3 is 93.2 Å². The molecule has 0 amide bonds. The molecule has 294 valence electrons. The first-order valence-corrected chi connectivity index (χ1v) is 22.3. The molecule has 7 aliphatic carbocycles. The smallest absolute Gasteiger partial charge is 0.0407 e. The molecule has 0 nitrogen and oxygen atoms in total. The van der Waals surface area contributed by atoms with E-state index in [1.807, 2.05) is 0 Å². The minimum atomic E-state index is 0. The van der Waals surface area contributed by atoms with Crippen LogP contribution in [0.1, 0.15) is 138 Å². The van der Waals surface area contributed by atoms with Crippen LogP contribution < -0.4 is 24.8 Å². The molecule has 5 aromatic rings. The van der Waals surface area contributed by atoms with Crippen molar-refractivity contribution in [3.8, 4) is 11.1 Å². The van der Waals surface area contributed by atoms with Crippen LogP contribution in [0.4, 0.5) is 0 Å². The van der Waals surface area contributed by atoms with E-state index in [2.05, 4.69) is 159 Å². The number of benzene rings is 4. The van der Waals surface area contributed by atoms with Gasteiger partial charge in [0, 0.05) is 5.41 Å². The Morgan fingerprint density at radius 2 is 1.28 bits per heavy atom. The zero-order chi connectivity index (χ0) is 38.6. The summed E-state index contributed by atoms with van der Waals surface area (Å²) in [4.78, 5) is 0. The van der Waals surface area contributed by atoms with Gasteiger partial charge in [-0.3, -0.25) is 6.08 Å². The van der Waals surface area contributed by atoms with Crippen molar-refractivity contribution in [2.45, 2.75) is 117 Å². The summed E-state index contributed by atoms with van der Waals surface area (Å²) in [6, 6.07) is 32.1. The summed E-state index contributed by atoms with van der Waals surface area (Å²) in [7, 11) is 0. The average molecular weight is 869 g/mol. The van der Waals surface area contributed by atoms with Gasteiger partial charge in [0.15, 0.2) is 0 Å². The minimum absolute atomic E-state index is 0. The summed E-state index contributed by atoms with van der Waals surface area (Å²) in [5.74, 6) is 4.14. The third-order valence-corrected chi connectivity index (χ3v) is 15.7. The number of fused-ring (bicyclic) bond motifs is 6. The van der Waals surface area contributed by atoms with Crippen molar-refractivity contribution in [3.63, 3.8) is 0 Å². The standard InChI is InChI=1S/C25H25.C17H23.C12H10.2ClH.Zr/c1-14-12-24(3,4)22-8-16-7-17-9-23-19(15(2)13-25(23,5)6)11-21(17)20(16)10-18(14)22;1-11-3-4-14(5-11)17(2)15-7-12-6-13(9-15)10-16(17)8-12;1-2-10-7-8-11-5-3-4-6-12(11)9-10;;;/h8-12H,7H2,1-6H3;3-5,12-13,15-16H,6-10H2,1-2H3;3-9H,1H3;2*1H;/q2*-1;;;;+2/p-2. The SMILES string of the molecule is CC1=[C-]C(C)(C)c2cc3c(cc21)-c1cc2c(cc1C3)C(C)(C)C=C2C.C[C](=[Zr+2])c1ccc2ccccc2c1.Cc1cc(C2(C)C3CC4CC(C3)CC2C4)c[cH-]1.[Cl-].[Cl-]. The van der Waals surface area contributed by atoms with Crippen LogP contribution in [0.3, 0.4) is 0 Å². The molecule has 0 heterocycles. The van der Waals surface area contributed by atoms with Gasteiger partial charge in [-0.15, -0.1) is 11.6 Å². The van der Waals surface area contributed by atoms with E-state index in [1.54, 1.807) is 12.0 Å². The van der Waals surface area contributed by atoms with Gasteiger partial charge in [0.05, 0.1) is 0 Å². The molecular weight excluding hydrogens is 811 g/mol. The van der Waals surface area contributed by atoms with Gasteiger partial charge in [0.1, 0.15) is 0 Å². The van der Waals surface area contributed by atoms with Gasteiger partial charge in [0.25, 0.3) is 0 Å². The Kier molecular flexibility index (Phi) is 11.5. The van der Waals surface area contributed by atoms with Crippen molar-refractivity contribution in [2.75, 3.05) is 0 Å². The second kappa shape index (κ2) is 15.4. The maximum absolute atomic E-state index is 3.65. The Bertz CT molecular complexity index is 2340. The first-order chi connectivity index (χ1) is 26.1. The summed E-state index contributed by atoms with van der Waals surface area (Å²) in [5.41, 5.74) is 19.5. The summed E-state index contributed by atoms with van der Waals surface area (Å²) >= 11 is 1.50. The van der Waals surface area contributed by atoms with E-state index in [9.17, 15) is 0 Å². The fraction of sp³-hybridized carbons (Fsp3) is 0.407. The van der Waals surface area contributed by atoms with Crippen LogP contribution >= 0.6 is 0 Å². The van der Waals surface area contributed by atoms with E-state index in [-0.39, 0.29) is 35.6 Å². The molecule has 0 unspecified atom stereocenters. The molecule has 0 aromatic heterocycles. The molecule has 4 saturated carbocycles. The Hall–Kier alpha value is -2.70. The van der Waals surface area contributed by atoms with Crippen LogP contribution in [-0.2, 0) is 46.9 Å². The van der Waals surface area contributed by atoms with Crippen molar-refractivity contribution in [3.05, 3.63) is 147 Å². The maximum Gasteiger partial charge on any atom is -0.0407 e. The van der Waals surface area contributed by atoms with E-state index in [0.29, 0.717) is 5.41 Å². The van der Waals surface area contributed by atoms with Crippen molar-refractivity contribution >= 4 is 25.1 Å². The zero-order valence-electron chi connectivity index (χ0n) is 35.5. The number of rotatable bonds is 2. The van der Waals surface area contributed by atoms with Gasteiger partial charge in [0.2, 0.25) is 0 Å². The molecule has 0 spiro atoms. The summed E-state index contributed by atoms with van der Waals surface area (Å²) in [5, 5.41) is 2.66. The Morgan fingerprint density at radius 1 is 0.684 bits per heavy atom. The van der Waals surface area contributed by atoms with E-state index in [4.69, 9.17) is 0 Å². The monoisotopic (exact) mass is 866 g/mol. The minimum Gasteiger partial charge on any atom is -1.00 e. The zero-order valence-corrected chi connectivity index (χ0v) is 39.4. The van der Waals surface area contributed by atoms with Gasteiger partial charge in [-0.1, -0.05) is 77.5 Å². The second-order valence-corrected chi connectivity index (χ2v) is 21.5. The van der Waals surface area contributed by atoms with Gasteiger partial charge < -0.3 is 24.8 Å². The second-order valence-electron chi connectivity index (χ2n) is 19.7. The van der Waals surface area contributed by atoms with E-state index < -0.39 is 0 Å². The predicted octanol–water partition coefficient (Wildman–Crippen LogP) is 7.81. The quantitative estimate of drug-likeness (QED) is 0.156. The number of hydrogen-bond acceptors (Lipinski definition) is 0. The number of hydrogen-bond donors (Lipinski definition) is 0. The molecule has 4 fully saturated rings. The molecule has 5 aromatic carbocycles. The Labute approximate surface area is 370 Å². The Balaban J connectivity index is 0.000000136. The number of halogens is 2. The molecular formula is C54H58Cl2Zr-2. The fourth-order valence-corrected chi connectivity index (χ4v) is 12.6. The number of aryl methyl sites for hydroxylation is 1. The molecule has 57 heavy (non-hydrogen) atoms. The van der Waals surface area contributed by atoms with Gasteiger partial charge in [-0.05, 0) is 114 Å². The normalized spacial score (nSPS) is 25.6. The Morgan fingerprint density at radius 3 is 1.88 bits per heavy atom. The van der Waals surface area contributed by atoms with Crippen molar-refractivity contribution in [1.82, 2.24) is 0 Å². The van der Waals surface area contributed by atoms with Crippen molar-refractivity contribution in [1.29, 1.82) is 0 Å². The molecule has 0 aliphatic heterocycles. The summed E-state index contributed by atoms with van der Waals surface area (Å²) < 4.78 is 1.46. The topological polar surface area (TPSA) is 0 Å². The maximum atomic E-state index is 3.65. The first kappa shape index (κ1) is 42.4. The molecule has 3 heteroatoms. The van der Waals surface area contributed by atoms with E-state index in [1.165, 1.54) is 131 Å². The molecule has 0 atom stereocenters. The first-order valence-electron chi connectivity index (χ1n) is 21.1. The molecule has 0 N–H and O–H groups in total. The molecule has 0 saturated heterocycles. The van der Waals surface area contributed by atoms with Crippen LogP contribution in [0.2, 0.25) is 0 Å². The van der Waals surface area contributed by atoms with Crippen molar-refractivity contribution < 1.29 is 49.0 Å². The third kappa shape index (κ3) is 7.33. The largest absolute Gasteiger partial charge is 1.00 e. The molecule has 12 rings (SSSR count). The summed E-state index contributed by atoms with van der Waals surface area (Å²) in [6.07, 6.45) is 14.8.